The quantitative estimate of drug-likeness (QED) is 0.308. The monoisotopic (exact) mass is 555 g/mol. The van der Waals surface area contributed by atoms with Crippen LogP contribution in [-0.2, 0) is 10.9 Å². The number of nitrogens with one attached hydrogen (secondary N) is 3. The van der Waals surface area contributed by atoms with Gasteiger partial charge in [0.25, 0.3) is 5.91 Å². The van der Waals surface area contributed by atoms with Crippen LogP contribution >= 0.6 is 15.9 Å². The van der Waals surface area contributed by atoms with Crippen LogP contribution in [0.1, 0.15) is 16.1 Å². The van der Waals surface area contributed by atoms with E-state index < -0.39 is 23.5 Å². The molecule has 1 aromatic carbocycles. The standard InChI is InChI=1S/C21H18BrF4N7O2/c22-14-9-16(27-11-17(14)29-13-3-1-2-12(8-13)21(24,25)26)19(34)31-32-20-28-10-15(23)18(30-20)33-4-6-35-7-5-33/h1-3,8-11,29H,4-7H2,(H,31,34)(H,28,30,32). The van der Waals surface area contributed by atoms with Gasteiger partial charge in [0.05, 0.1) is 36.9 Å². The Balaban J connectivity index is 1.41. The number of morpholine rings is 1. The summed E-state index contributed by atoms with van der Waals surface area (Å²) in [6.07, 6.45) is -2.18. The normalized spacial score (nSPS) is 13.9. The lowest BCUT2D eigenvalue weighted by atomic mass is 10.2. The van der Waals surface area contributed by atoms with Crippen LogP contribution < -0.4 is 21.1 Å². The van der Waals surface area contributed by atoms with Gasteiger partial charge in [-0.05, 0) is 40.2 Å². The summed E-state index contributed by atoms with van der Waals surface area (Å²) in [4.78, 5) is 26.2. The van der Waals surface area contributed by atoms with Gasteiger partial charge < -0.3 is 15.0 Å². The Hall–Kier alpha value is -3.52. The number of pyridine rings is 1. The highest BCUT2D eigenvalue weighted by atomic mass is 79.9. The minimum atomic E-state index is -4.47. The summed E-state index contributed by atoms with van der Waals surface area (Å²) in [5, 5.41) is 2.83. The molecular weight excluding hydrogens is 538 g/mol. The van der Waals surface area contributed by atoms with E-state index in [2.05, 4.69) is 47.1 Å². The van der Waals surface area contributed by atoms with Crippen molar-refractivity contribution in [2.75, 3.05) is 41.9 Å². The first kappa shape index (κ1) is 24.6. The highest BCUT2D eigenvalue weighted by molar-refractivity contribution is 9.10. The molecule has 0 bridgehead atoms. The Morgan fingerprint density at radius 1 is 1.11 bits per heavy atom. The van der Waals surface area contributed by atoms with Crippen LogP contribution in [-0.4, -0.2) is 47.2 Å². The van der Waals surface area contributed by atoms with Gasteiger partial charge in [-0.3, -0.25) is 15.6 Å². The maximum Gasteiger partial charge on any atom is 0.416 e. The minimum absolute atomic E-state index is 0.00511. The van der Waals surface area contributed by atoms with Crippen molar-refractivity contribution in [3.8, 4) is 0 Å². The summed E-state index contributed by atoms with van der Waals surface area (Å²) in [6.45, 7) is 1.83. The lowest BCUT2D eigenvalue weighted by Gasteiger charge is -2.28. The fourth-order valence-electron chi connectivity index (χ4n) is 3.17. The van der Waals surface area contributed by atoms with Crippen molar-refractivity contribution >= 4 is 45.0 Å². The van der Waals surface area contributed by atoms with Gasteiger partial charge in [-0.1, -0.05) is 6.07 Å². The first-order chi connectivity index (χ1) is 16.7. The average molecular weight is 556 g/mol. The molecule has 0 spiro atoms. The van der Waals surface area contributed by atoms with Crippen LogP contribution in [0.15, 0.2) is 47.2 Å². The second-order valence-corrected chi connectivity index (χ2v) is 8.15. The summed E-state index contributed by atoms with van der Waals surface area (Å²) in [6, 6.07) is 6.07. The molecule has 0 saturated carbocycles. The fraction of sp³-hybridized carbons (Fsp3) is 0.238. The molecule has 14 heteroatoms. The molecule has 2 aromatic heterocycles. The maximum atomic E-state index is 14.1. The molecule has 0 radical (unpaired) electrons. The zero-order valence-electron chi connectivity index (χ0n) is 17.9. The number of ether oxygens (including phenoxy) is 1. The van der Waals surface area contributed by atoms with E-state index in [0.717, 1.165) is 18.3 Å². The number of hydrogen-bond acceptors (Lipinski definition) is 8. The minimum Gasteiger partial charge on any atom is -0.378 e. The van der Waals surface area contributed by atoms with Gasteiger partial charge >= 0.3 is 6.18 Å². The number of alkyl halides is 3. The molecule has 1 saturated heterocycles. The molecule has 1 aliphatic rings. The number of rotatable bonds is 6. The number of anilines is 4. The number of nitrogens with zero attached hydrogens (tertiary/aromatic N) is 4. The number of hydrogen-bond donors (Lipinski definition) is 3. The van der Waals surface area contributed by atoms with Crippen LogP contribution in [0.3, 0.4) is 0 Å². The molecule has 3 aromatic rings. The Bertz CT molecular complexity index is 1220. The molecule has 4 rings (SSSR count). The van der Waals surface area contributed by atoms with Gasteiger partial charge in [-0.2, -0.15) is 18.2 Å². The number of aromatic nitrogens is 3. The van der Waals surface area contributed by atoms with Crippen molar-refractivity contribution in [1.82, 2.24) is 20.4 Å². The lowest BCUT2D eigenvalue weighted by molar-refractivity contribution is -0.137. The molecule has 1 fully saturated rings. The second-order valence-electron chi connectivity index (χ2n) is 7.30. The van der Waals surface area contributed by atoms with E-state index in [0.29, 0.717) is 36.5 Å². The van der Waals surface area contributed by atoms with E-state index in [4.69, 9.17) is 4.74 Å². The van der Waals surface area contributed by atoms with E-state index >= 15 is 0 Å². The zero-order chi connectivity index (χ0) is 25.0. The smallest absolute Gasteiger partial charge is 0.378 e. The third-order valence-corrected chi connectivity index (χ3v) is 5.54. The van der Waals surface area contributed by atoms with Gasteiger partial charge in [0.1, 0.15) is 5.69 Å². The SMILES string of the molecule is O=C(NNc1ncc(F)c(N2CCOCC2)n1)c1cc(Br)c(Nc2cccc(C(F)(F)F)c2)cn1. The molecule has 9 nitrogen and oxygen atoms in total. The molecule has 0 unspecified atom stereocenters. The highest BCUT2D eigenvalue weighted by Crippen LogP contribution is 2.32. The first-order valence-electron chi connectivity index (χ1n) is 10.2. The molecule has 184 valence electrons. The Labute approximate surface area is 205 Å². The summed E-state index contributed by atoms with van der Waals surface area (Å²) in [5.74, 6) is -1.18. The molecule has 0 atom stereocenters. The van der Waals surface area contributed by atoms with Crippen LogP contribution in [0.5, 0.6) is 0 Å². The van der Waals surface area contributed by atoms with Crippen LogP contribution in [0.4, 0.5) is 40.7 Å². The van der Waals surface area contributed by atoms with E-state index in [-0.39, 0.29) is 23.1 Å². The van der Waals surface area contributed by atoms with Gasteiger partial charge in [0.2, 0.25) is 5.95 Å². The Kier molecular flexibility index (Phi) is 7.31. The van der Waals surface area contributed by atoms with Crippen LogP contribution in [0.2, 0.25) is 0 Å². The van der Waals surface area contributed by atoms with Crippen molar-refractivity contribution in [1.29, 1.82) is 0 Å². The van der Waals surface area contributed by atoms with Gasteiger partial charge in [-0.15, -0.1) is 0 Å². The van der Waals surface area contributed by atoms with E-state index in [1.54, 1.807) is 4.90 Å². The number of halogens is 5. The van der Waals surface area contributed by atoms with E-state index in [1.165, 1.54) is 24.4 Å². The number of carbonyl (C=O) groups is 1. The third-order valence-electron chi connectivity index (χ3n) is 4.88. The largest absolute Gasteiger partial charge is 0.416 e. The van der Waals surface area contributed by atoms with Crippen LogP contribution in [0.25, 0.3) is 0 Å². The topological polar surface area (TPSA) is 104 Å². The molecular formula is C21H18BrF4N7O2. The second kappa shape index (κ2) is 10.4. The predicted octanol–water partition coefficient (Wildman–Crippen LogP) is 4.13. The lowest BCUT2D eigenvalue weighted by Crippen LogP contribution is -2.38. The Morgan fingerprint density at radius 2 is 1.89 bits per heavy atom. The zero-order valence-corrected chi connectivity index (χ0v) is 19.5. The summed E-state index contributed by atoms with van der Waals surface area (Å²) in [5.41, 5.74) is 4.65. The van der Waals surface area contributed by atoms with E-state index in [1.807, 2.05) is 0 Å². The molecule has 3 heterocycles. The maximum absolute atomic E-state index is 14.1. The van der Waals surface area contributed by atoms with Gasteiger partial charge in [0.15, 0.2) is 11.6 Å². The fourth-order valence-corrected chi connectivity index (χ4v) is 3.59. The van der Waals surface area contributed by atoms with Crippen molar-refractivity contribution in [2.45, 2.75) is 6.18 Å². The van der Waals surface area contributed by atoms with Gasteiger partial charge in [-0.25, -0.2) is 14.4 Å². The van der Waals surface area contributed by atoms with Crippen molar-refractivity contribution in [3.05, 3.63) is 64.3 Å². The number of amides is 1. The van der Waals surface area contributed by atoms with Gasteiger partial charge in [0, 0.05) is 23.2 Å². The van der Waals surface area contributed by atoms with E-state index in [9.17, 15) is 22.4 Å². The van der Waals surface area contributed by atoms with Crippen LogP contribution in [0, 0.1) is 5.82 Å². The average Bonchev–Trinajstić information content (AvgIpc) is 2.85. The Morgan fingerprint density at radius 3 is 2.60 bits per heavy atom. The molecule has 1 aliphatic heterocycles. The van der Waals surface area contributed by atoms with Crippen molar-refractivity contribution in [2.24, 2.45) is 0 Å². The summed E-state index contributed by atoms with van der Waals surface area (Å²) >= 11 is 3.28. The number of hydrazine groups is 1. The first-order valence-corrected chi connectivity index (χ1v) is 11.0. The summed E-state index contributed by atoms with van der Waals surface area (Å²) in [7, 11) is 0. The summed E-state index contributed by atoms with van der Waals surface area (Å²) < 4.78 is 58.6. The molecule has 0 aliphatic carbocycles. The molecule has 1 amide bonds. The van der Waals surface area contributed by atoms with Crippen molar-refractivity contribution < 1.29 is 27.1 Å². The molecule has 3 N–H and O–H groups in total. The third kappa shape index (κ3) is 6.14. The number of carbonyl (C=O) groups excluding carboxylic acids is 1. The van der Waals surface area contributed by atoms with Crippen molar-refractivity contribution in [3.63, 3.8) is 0 Å². The molecule has 35 heavy (non-hydrogen) atoms. The highest BCUT2D eigenvalue weighted by Gasteiger charge is 2.30. The predicted molar refractivity (Wildman–Crippen MR) is 123 cm³/mol. The number of benzene rings is 1.